The highest BCUT2D eigenvalue weighted by Crippen LogP contribution is 2.44. The summed E-state index contributed by atoms with van der Waals surface area (Å²) in [6.07, 6.45) is 0. The summed E-state index contributed by atoms with van der Waals surface area (Å²) in [6, 6.07) is 5.08. The molecule has 76 valence electrons. The van der Waals surface area contributed by atoms with Crippen molar-refractivity contribution in [1.29, 1.82) is 0 Å². The molecule has 0 atom stereocenters. The summed E-state index contributed by atoms with van der Waals surface area (Å²) in [5, 5.41) is 0.553. The first kappa shape index (κ1) is 9.18. The number of thioether (sulfide) groups is 1. The van der Waals surface area contributed by atoms with Gasteiger partial charge in [-0.1, -0.05) is 12.1 Å². The van der Waals surface area contributed by atoms with Gasteiger partial charge in [0, 0.05) is 16.2 Å². The van der Waals surface area contributed by atoms with Crippen LogP contribution in [-0.2, 0) is 5.75 Å². The predicted octanol–water partition coefficient (Wildman–Crippen LogP) is 3.14. The molecule has 2 aromatic rings. The van der Waals surface area contributed by atoms with Crippen LogP contribution in [0.15, 0.2) is 23.1 Å². The second kappa shape index (κ2) is 3.21. The second-order valence-electron chi connectivity index (χ2n) is 3.23. The number of nitrogens with two attached hydrogens (primary N) is 1. The first-order valence-electron chi connectivity index (χ1n) is 4.42. The van der Waals surface area contributed by atoms with E-state index in [-0.39, 0.29) is 5.82 Å². The predicted molar refractivity (Wildman–Crippen MR) is 61.5 cm³/mol. The van der Waals surface area contributed by atoms with E-state index in [4.69, 9.17) is 5.73 Å². The molecule has 0 aliphatic carbocycles. The maximum atomic E-state index is 13.5. The Balaban J connectivity index is 2.29. The third kappa shape index (κ3) is 1.34. The highest BCUT2D eigenvalue weighted by molar-refractivity contribution is 7.98. The number of halogens is 1. The van der Waals surface area contributed by atoms with Gasteiger partial charge in [0.1, 0.15) is 5.82 Å². The van der Waals surface area contributed by atoms with E-state index in [2.05, 4.69) is 4.98 Å². The molecular formula is C10H7FN2S2. The number of hydrogen-bond acceptors (Lipinski definition) is 4. The topological polar surface area (TPSA) is 38.9 Å². The van der Waals surface area contributed by atoms with Crippen molar-refractivity contribution in [1.82, 2.24) is 4.98 Å². The van der Waals surface area contributed by atoms with Gasteiger partial charge in [0.15, 0.2) is 5.13 Å². The highest BCUT2D eigenvalue weighted by Gasteiger charge is 2.22. The average Bonchev–Trinajstić information content (AvgIpc) is 2.59. The van der Waals surface area contributed by atoms with Gasteiger partial charge in [-0.2, -0.15) is 0 Å². The summed E-state index contributed by atoms with van der Waals surface area (Å²) in [7, 11) is 0. The van der Waals surface area contributed by atoms with Crippen LogP contribution in [0.1, 0.15) is 4.88 Å². The van der Waals surface area contributed by atoms with Gasteiger partial charge >= 0.3 is 0 Å². The van der Waals surface area contributed by atoms with Gasteiger partial charge in [0.2, 0.25) is 0 Å². The lowest BCUT2D eigenvalue weighted by Crippen LogP contribution is -1.96. The molecule has 1 aromatic heterocycles. The summed E-state index contributed by atoms with van der Waals surface area (Å²) in [6.45, 7) is 0. The molecule has 0 unspecified atom stereocenters. The fourth-order valence-electron chi connectivity index (χ4n) is 1.66. The van der Waals surface area contributed by atoms with Gasteiger partial charge in [-0.05, 0) is 6.07 Å². The van der Waals surface area contributed by atoms with E-state index in [1.165, 1.54) is 29.2 Å². The fraction of sp³-hybridized carbons (Fsp3) is 0.100. The van der Waals surface area contributed by atoms with Crippen molar-refractivity contribution in [2.24, 2.45) is 0 Å². The maximum Gasteiger partial charge on any atom is 0.180 e. The Labute approximate surface area is 94.3 Å². The van der Waals surface area contributed by atoms with Crippen LogP contribution in [0.25, 0.3) is 11.3 Å². The highest BCUT2D eigenvalue weighted by atomic mass is 32.2. The quantitative estimate of drug-likeness (QED) is 0.766. The molecule has 2 nitrogen and oxygen atoms in total. The zero-order valence-corrected chi connectivity index (χ0v) is 9.29. The van der Waals surface area contributed by atoms with Crippen molar-refractivity contribution >= 4 is 28.2 Å². The molecular weight excluding hydrogens is 231 g/mol. The summed E-state index contributed by atoms with van der Waals surface area (Å²) >= 11 is 2.99. The van der Waals surface area contributed by atoms with Crippen LogP contribution < -0.4 is 5.73 Å². The zero-order valence-electron chi connectivity index (χ0n) is 7.66. The fourth-order valence-corrected chi connectivity index (χ4v) is 3.65. The van der Waals surface area contributed by atoms with Crippen molar-refractivity contribution in [2.75, 3.05) is 5.73 Å². The molecule has 0 radical (unpaired) electrons. The summed E-state index contributed by atoms with van der Waals surface area (Å²) in [4.78, 5) is 6.07. The minimum absolute atomic E-state index is 0.172. The van der Waals surface area contributed by atoms with Crippen LogP contribution >= 0.6 is 23.1 Å². The lowest BCUT2D eigenvalue weighted by atomic mass is 10.1. The molecule has 0 spiro atoms. The Hall–Kier alpha value is -1.07. The molecule has 0 bridgehead atoms. The lowest BCUT2D eigenvalue weighted by molar-refractivity contribution is 0.602. The van der Waals surface area contributed by atoms with Crippen molar-refractivity contribution < 1.29 is 4.39 Å². The second-order valence-corrected chi connectivity index (χ2v) is 5.33. The van der Waals surface area contributed by atoms with Gasteiger partial charge in [-0.3, -0.25) is 0 Å². The van der Waals surface area contributed by atoms with E-state index < -0.39 is 0 Å². The number of anilines is 1. The van der Waals surface area contributed by atoms with Crippen molar-refractivity contribution in [3.8, 4) is 11.3 Å². The van der Waals surface area contributed by atoms with Crippen molar-refractivity contribution in [3.05, 3.63) is 28.9 Å². The standard InChI is InChI=1S/C10H7FN2S2/c11-6-3-1-2-5-8-7(4-14-9(5)6)15-10(12)13-8/h1-3H,4H2,(H2,12,13). The molecule has 0 amide bonds. The molecule has 0 fully saturated rings. The summed E-state index contributed by atoms with van der Waals surface area (Å²) in [5.74, 6) is 0.590. The van der Waals surface area contributed by atoms with Crippen molar-refractivity contribution in [2.45, 2.75) is 10.6 Å². The molecule has 5 heteroatoms. The number of thiazole rings is 1. The van der Waals surface area contributed by atoms with E-state index in [1.54, 1.807) is 6.07 Å². The number of aromatic nitrogens is 1. The lowest BCUT2D eigenvalue weighted by Gasteiger charge is -2.14. The molecule has 2 heterocycles. The molecule has 0 saturated carbocycles. The Kier molecular flexibility index (Phi) is 1.97. The van der Waals surface area contributed by atoms with E-state index in [1.807, 2.05) is 6.07 Å². The SMILES string of the molecule is Nc1nc2c(s1)CSc1c(F)cccc1-2. The van der Waals surface area contributed by atoms with Crippen LogP contribution in [0.5, 0.6) is 0 Å². The Bertz CT molecular complexity index is 536. The monoisotopic (exact) mass is 238 g/mol. The smallest absolute Gasteiger partial charge is 0.180 e. The van der Waals surface area contributed by atoms with Gasteiger partial charge in [-0.15, -0.1) is 23.1 Å². The Morgan fingerprint density at radius 1 is 1.40 bits per heavy atom. The molecule has 1 aromatic carbocycles. The van der Waals surface area contributed by atoms with E-state index in [0.717, 1.165) is 21.9 Å². The van der Waals surface area contributed by atoms with Gasteiger partial charge < -0.3 is 5.73 Å². The third-order valence-corrected chi connectivity index (χ3v) is 4.49. The zero-order chi connectivity index (χ0) is 10.4. The minimum Gasteiger partial charge on any atom is -0.375 e. The molecule has 1 aliphatic heterocycles. The number of nitrogens with zero attached hydrogens (tertiary/aromatic N) is 1. The summed E-state index contributed by atoms with van der Waals surface area (Å²) in [5.41, 5.74) is 7.38. The molecule has 2 N–H and O–H groups in total. The van der Waals surface area contributed by atoms with Crippen molar-refractivity contribution in [3.63, 3.8) is 0 Å². The number of fused-ring (bicyclic) bond motifs is 3. The first-order valence-corrected chi connectivity index (χ1v) is 6.23. The Morgan fingerprint density at radius 2 is 2.27 bits per heavy atom. The van der Waals surface area contributed by atoms with E-state index in [0.29, 0.717) is 10.0 Å². The van der Waals surface area contributed by atoms with Crippen LogP contribution in [0.2, 0.25) is 0 Å². The van der Waals surface area contributed by atoms with Gasteiger partial charge in [0.05, 0.1) is 10.6 Å². The van der Waals surface area contributed by atoms with Crippen LogP contribution in [0, 0.1) is 5.82 Å². The normalized spacial score (nSPS) is 13.4. The minimum atomic E-state index is -0.172. The number of nitrogen functional groups attached to an aromatic ring is 1. The summed E-state index contributed by atoms with van der Waals surface area (Å²) < 4.78 is 13.5. The van der Waals surface area contributed by atoms with Crippen LogP contribution in [0.3, 0.4) is 0 Å². The van der Waals surface area contributed by atoms with Gasteiger partial charge in [0.25, 0.3) is 0 Å². The molecule has 3 rings (SSSR count). The maximum absolute atomic E-state index is 13.5. The number of hydrogen-bond donors (Lipinski definition) is 1. The molecule has 1 aliphatic rings. The molecule has 15 heavy (non-hydrogen) atoms. The van der Waals surface area contributed by atoms with Crippen LogP contribution in [0.4, 0.5) is 9.52 Å². The Morgan fingerprint density at radius 3 is 3.13 bits per heavy atom. The van der Waals surface area contributed by atoms with Crippen LogP contribution in [-0.4, -0.2) is 4.98 Å². The molecule has 0 saturated heterocycles. The average molecular weight is 238 g/mol. The van der Waals surface area contributed by atoms with E-state index in [9.17, 15) is 4.39 Å². The van der Waals surface area contributed by atoms with Gasteiger partial charge in [-0.25, -0.2) is 9.37 Å². The number of benzene rings is 1. The van der Waals surface area contributed by atoms with E-state index >= 15 is 0 Å². The third-order valence-electron chi connectivity index (χ3n) is 2.28. The largest absolute Gasteiger partial charge is 0.375 e. The first-order chi connectivity index (χ1) is 7.25. The number of rotatable bonds is 0.